The third-order valence-electron chi connectivity index (χ3n) is 3.35. The summed E-state index contributed by atoms with van der Waals surface area (Å²) in [5.74, 6) is 0.753. The Balaban J connectivity index is 2.73. The van der Waals surface area contributed by atoms with E-state index in [-0.39, 0.29) is 0 Å². The molecule has 0 fully saturated rings. The van der Waals surface area contributed by atoms with Crippen molar-refractivity contribution >= 4 is 15.9 Å². The fraction of sp³-hybridized carbons (Fsp3) is 0.769. The van der Waals surface area contributed by atoms with Gasteiger partial charge in [0.2, 0.25) is 0 Å². The summed E-state index contributed by atoms with van der Waals surface area (Å²) in [7, 11) is 2.02. The van der Waals surface area contributed by atoms with Crippen LogP contribution in [0.25, 0.3) is 0 Å². The van der Waals surface area contributed by atoms with E-state index in [9.17, 15) is 0 Å². The Morgan fingerprint density at radius 2 is 2.06 bits per heavy atom. The van der Waals surface area contributed by atoms with Crippen molar-refractivity contribution in [3.63, 3.8) is 0 Å². The molecule has 0 aromatic carbocycles. The Bertz CT molecular complexity index is 360. The second-order valence-electron chi connectivity index (χ2n) is 4.81. The van der Waals surface area contributed by atoms with E-state index in [2.05, 4.69) is 46.7 Å². The maximum absolute atomic E-state index is 4.44. The maximum Gasteiger partial charge on any atom is 0.0739 e. The van der Waals surface area contributed by atoms with Crippen molar-refractivity contribution in [2.75, 3.05) is 13.1 Å². The Morgan fingerprint density at radius 1 is 1.41 bits per heavy atom. The van der Waals surface area contributed by atoms with Gasteiger partial charge >= 0.3 is 0 Å². The molecule has 3 nitrogen and oxygen atoms in total. The van der Waals surface area contributed by atoms with Crippen LogP contribution in [0.3, 0.4) is 0 Å². The minimum Gasteiger partial charge on any atom is -0.297 e. The van der Waals surface area contributed by atoms with Crippen LogP contribution in [0.15, 0.2) is 4.47 Å². The molecule has 0 radical (unpaired) electrons. The van der Waals surface area contributed by atoms with Crippen molar-refractivity contribution in [2.45, 2.75) is 40.7 Å². The monoisotopic (exact) mass is 301 g/mol. The van der Waals surface area contributed by atoms with Crippen molar-refractivity contribution in [1.82, 2.24) is 14.7 Å². The van der Waals surface area contributed by atoms with E-state index in [0.717, 1.165) is 35.7 Å². The van der Waals surface area contributed by atoms with Crippen LogP contribution in [0.5, 0.6) is 0 Å². The zero-order chi connectivity index (χ0) is 13.0. The highest BCUT2D eigenvalue weighted by molar-refractivity contribution is 9.10. The summed E-state index contributed by atoms with van der Waals surface area (Å²) in [4.78, 5) is 2.48. The van der Waals surface area contributed by atoms with Gasteiger partial charge < -0.3 is 0 Å². The summed E-state index contributed by atoms with van der Waals surface area (Å²) in [5.41, 5.74) is 2.34. The van der Waals surface area contributed by atoms with Crippen molar-refractivity contribution < 1.29 is 0 Å². The van der Waals surface area contributed by atoms with Gasteiger partial charge in [0.05, 0.1) is 15.9 Å². The van der Waals surface area contributed by atoms with E-state index in [1.807, 2.05) is 18.7 Å². The zero-order valence-electron chi connectivity index (χ0n) is 11.6. The highest BCUT2D eigenvalue weighted by Gasteiger charge is 2.15. The molecule has 0 bridgehead atoms. The van der Waals surface area contributed by atoms with Gasteiger partial charge in [0.1, 0.15) is 0 Å². The SMILES string of the molecule is CCC(C)CN(CC)Cc1c(Br)c(C)nn1C. The minimum atomic E-state index is 0.753. The third-order valence-corrected chi connectivity index (χ3v) is 4.38. The van der Waals surface area contributed by atoms with Gasteiger partial charge in [0, 0.05) is 20.1 Å². The van der Waals surface area contributed by atoms with Gasteiger partial charge in [-0.2, -0.15) is 5.10 Å². The first kappa shape index (κ1) is 14.7. The molecule has 1 atom stereocenters. The van der Waals surface area contributed by atoms with Gasteiger partial charge in [-0.1, -0.05) is 27.2 Å². The largest absolute Gasteiger partial charge is 0.297 e. The van der Waals surface area contributed by atoms with E-state index in [0.29, 0.717) is 0 Å². The maximum atomic E-state index is 4.44. The number of hydrogen-bond donors (Lipinski definition) is 0. The fourth-order valence-corrected chi connectivity index (χ4v) is 2.40. The van der Waals surface area contributed by atoms with Crippen LogP contribution in [0, 0.1) is 12.8 Å². The standard InChI is InChI=1S/C13H24BrN3/c1-6-10(3)8-17(7-2)9-12-13(14)11(4)15-16(12)5/h10H,6-9H2,1-5H3. The van der Waals surface area contributed by atoms with Crippen LogP contribution < -0.4 is 0 Å². The van der Waals surface area contributed by atoms with Crippen molar-refractivity contribution in [1.29, 1.82) is 0 Å². The lowest BCUT2D eigenvalue weighted by molar-refractivity contribution is 0.232. The summed E-state index contributed by atoms with van der Waals surface area (Å²) in [6, 6.07) is 0. The normalized spacial score (nSPS) is 13.4. The molecular weight excluding hydrogens is 278 g/mol. The van der Waals surface area contributed by atoms with Crippen molar-refractivity contribution in [2.24, 2.45) is 13.0 Å². The quantitative estimate of drug-likeness (QED) is 0.803. The van der Waals surface area contributed by atoms with Gasteiger partial charge in [-0.25, -0.2) is 0 Å². The molecule has 1 unspecified atom stereocenters. The number of halogens is 1. The topological polar surface area (TPSA) is 21.1 Å². The summed E-state index contributed by atoms with van der Waals surface area (Å²) in [5, 5.41) is 4.44. The fourth-order valence-electron chi connectivity index (χ4n) is 1.94. The summed E-state index contributed by atoms with van der Waals surface area (Å²) in [6.07, 6.45) is 1.24. The zero-order valence-corrected chi connectivity index (χ0v) is 13.2. The molecule has 0 aliphatic heterocycles. The lowest BCUT2D eigenvalue weighted by Gasteiger charge is -2.23. The minimum absolute atomic E-state index is 0.753. The molecule has 98 valence electrons. The number of nitrogens with zero attached hydrogens (tertiary/aromatic N) is 3. The van der Waals surface area contributed by atoms with Crippen LogP contribution in [-0.2, 0) is 13.6 Å². The first-order chi connectivity index (χ1) is 7.99. The molecule has 0 spiro atoms. The van der Waals surface area contributed by atoms with Crippen LogP contribution in [0.4, 0.5) is 0 Å². The molecule has 0 aliphatic carbocycles. The smallest absolute Gasteiger partial charge is 0.0739 e. The molecule has 1 rings (SSSR count). The molecule has 1 aromatic rings. The summed E-state index contributed by atoms with van der Waals surface area (Å²) >= 11 is 3.63. The van der Waals surface area contributed by atoms with Crippen LogP contribution in [0.1, 0.15) is 38.6 Å². The highest BCUT2D eigenvalue weighted by Crippen LogP contribution is 2.22. The van der Waals surface area contributed by atoms with E-state index in [1.54, 1.807) is 0 Å². The Morgan fingerprint density at radius 3 is 2.47 bits per heavy atom. The molecular formula is C13H24BrN3. The molecule has 0 saturated carbocycles. The number of aromatic nitrogens is 2. The van der Waals surface area contributed by atoms with E-state index < -0.39 is 0 Å². The van der Waals surface area contributed by atoms with E-state index >= 15 is 0 Å². The summed E-state index contributed by atoms with van der Waals surface area (Å²) in [6.45, 7) is 12.0. The first-order valence-electron chi connectivity index (χ1n) is 6.39. The van der Waals surface area contributed by atoms with E-state index in [1.165, 1.54) is 12.1 Å². The average molecular weight is 302 g/mol. The predicted molar refractivity (Wildman–Crippen MR) is 76.1 cm³/mol. The van der Waals surface area contributed by atoms with Crippen molar-refractivity contribution in [3.05, 3.63) is 15.9 Å². The molecule has 1 aromatic heterocycles. The van der Waals surface area contributed by atoms with Crippen LogP contribution in [0.2, 0.25) is 0 Å². The van der Waals surface area contributed by atoms with Gasteiger partial charge in [-0.05, 0) is 35.3 Å². The Hall–Kier alpha value is -0.350. The highest BCUT2D eigenvalue weighted by atomic mass is 79.9. The third kappa shape index (κ3) is 3.81. The molecule has 0 amide bonds. The molecule has 0 N–H and O–H groups in total. The molecule has 4 heteroatoms. The summed E-state index contributed by atoms with van der Waals surface area (Å²) < 4.78 is 3.14. The van der Waals surface area contributed by atoms with Crippen LogP contribution in [-0.4, -0.2) is 27.8 Å². The number of hydrogen-bond acceptors (Lipinski definition) is 2. The lowest BCUT2D eigenvalue weighted by atomic mass is 10.1. The van der Waals surface area contributed by atoms with Gasteiger partial charge in [-0.3, -0.25) is 9.58 Å². The van der Waals surface area contributed by atoms with Crippen LogP contribution >= 0.6 is 15.9 Å². The molecule has 0 saturated heterocycles. The predicted octanol–water partition coefficient (Wildman–Crippen LogP) is 3.36. The number of rotatable bonds is 6. The second-order valence-corrected chi connectivity index (χ2v) is 5.60. The van der Waals surface area contributed by atoms with Gasteiger partial charge in [0.25, 0.3) is 0 Å². The van der Waals surface area contributed by atoms with Gasteiger partial charge in [-0.15, -0.1) is 0 Å². The number of aryl methyl sites for hydroxylation is 2. The second kappa shape index (κ2) is 6.55. The Labute approximate surface area is 113 Å². The molecule has 1 heterocycles. The van der Waals surface area contributed by atoms with E-state index in [4.69, 9.17) is 0 Å². The first-order valence-corrected chi connectivity index (χ1v) is 7.19. The lowest BCUT2D eigenvalue weighted by Crippen LogP contribution is -2.28. The van der Waals surface area contributed by atoms with Crippen molar-refractivity contribution in [3.8, 4) is 0 Å². The average Bonchev–Trinajstić information content (AvgIpc) is 2.54. The molecule has 17 heavy (non-hydrogen) atoms. The molecule has 0 aliphatic rings. The van der Waals surface area contributed by atoms with Gasteiger partial charge in [0.15, 0.2) is 0 Å². The Kier molecular flexibility index (Phi) is 5.67.